The lowest BCUT2D eigenvalue weighted by molar-refractivity contribution is -0.121. The molecule has 32 heavy (non-hydrogen) atoms. The summed E-state index contributed by atoms with van der Waals surface area (Å²) in [5.74, 6) is 2.75. The van der Waals surface area contributed by atoms with Crippen molar-refractivity contribution in [3.63, 3.8) is 0 Å². The fraction of sp³-hybridized carbons (Fsp3) is 0.630. The van der Waals surface area contributed by atoms with Crippen molar-refractivity contribution in [2.24, 2.45) is 23.7 Å². The van der Waals surface area contributed by atoms with E-state index in [0.717, 1.165) is 37.9 Å². The number of hydrogen-bond acceptors (Lipinski definition) is 4. The number of nitrogens with one attached hydrogen (secondary N) is 1. The van der Waals surface area contributed by atoms with Crippen LogP contribution in [-0.4, -0.2) is 35.5 Å². The highest BCUT2D eigenvalue weighted by Gasteiger charge is 2.42. The number of aliphatic hydroxyl groups is 1. The second kappa shape index (κ2) is 10.7. The molecule has 4 rings (SSSR count). The standard InChI is InChI=1S/C27H37NO4/c1-18(14-22(29)17-32-23-7-3-2-4-8-23)24-12-13-26(30)25(24)16-20-15-19(20)6-5-9-27(31)28-21-10-11-21/h2-4,7-8,12,18-22,25,29H,5-6,9-11,13-17H2,1H3,(H,28,31)/t18-,19-,20?,22+,25+/m0/s1. The van der Waals surface area contributed by atoms with Crippen LogP contribution in [0.15, 0.2) is 42.0 Å². The zero-order valence-electron chi connectivity index (χ0n) is 19.2. The topological polar surface area (TPSA) is 75.6 Å². The summed E-state index contributed by atoms with van der Waals surface area (Å²) < 4.78 is 5.68. The molecule has 0 heterocycles. The van der Waals surface area contributed by atoms with Gasteiger partial charge in [0, 0.05) is 24.8 Å². The second-order valence-electron chi connectivity index (χ2n) is 10.1. The first-order chi connectivity index (χ1) is 15.5. The van der Waals surface area contributed by atoms with Crippen LogP contribution in [0.5, 0.6) is 5.75 Å². The molecule has 5 heteroatoms. The van der Waals surface area contributed by atoms with E-state index in [1.165, 1.54) is 12.0 Å². The number of hydrogen-bond donors (Lipinski definition) is 2. The molecule has 2 fully saturated rings. The molecule has 1 unspecified atom stereocenters. The van der Waals surface area contributed by atoms with Crippen LogP contribution in [0.2, 0.25) is 0 Å². The van der Waals surface area contributed by atoms with Crippen molar-refractivity contribution >= 4 is 11.7 Å². The van der Waals surface area contributed by atoms with Gasteiger partial charge in [0.25, 0.3) is 0 Å². The number of amides is 1. The minimum absolute atomic E-state index is 0.0143. The zero-order valence-corrected chi connectivity index (χ0v) is 19.2. The Morgan fingerprint density at radius 3 is 2.75 bits per heavy atom. The number of Topliss-reactive ketones (excluding diaryl/α,β-unsaturated/α-hetero) is 1. The van der Waals surface area contributed by atoms with Crippen molar-refractivity contribution in [2.75, 3.05) is 6.61 Å². The third-order valence-corrected chi connectivity index (χ3v) is 7.24. The SMILES string of the molecule is C[C@@H](C[C@@H](O)COc1ccccc1)C1=CCC(=O)[C@@H]1CC1C[C@@H]1CCCC(=O)NC1CC1. The van der Waals surface area contributed by atoms with E-state index in [9.17, 15) is 14.7 Å². The monoisotopic (exact) mass is 439 g/mol. The molecule has 5 nitrogen and oxygen atoms in total. The molecule has 0 saturated heterocycles. The van der Waals surface area contributed by atoms with E-state index in [0.29, 0.717) is 42.9 Å². The highest BCUT2D eigenvalue weighted by Crippen LogP contribution is 2.49. The van der Waals surface area contributed by atoms with Crippen molar-refractivity contribution < 1.29 is 19.4 Å². The minimum Gasteiger partial charge on any atom is -0.491 e. The molecule has 2 saturated carbocycles. The number of aliphatic hydroxyl groups excluding tert-OH is 1. The van der Waals surface area contributed by atoms with E-state index in [1.54, 1.807) is 0 Å². The van der Waals surface area contributed by atoms with Crippen LogP contribution in [0.4, 0.5) is 0 Å². The molecule has 0 spiro atoms. The van der Waals surface area contributed by atoms with E-state index in [2.05, 4.69) is 18.3 Å². The Balaban J connectivity index is 1.17. The Morgan fingerprint density at radius 1 is 1.22 bits per heavy atom. The van der Waals surface area contributed by atoms with E-state index in [-0.39, 0.29) is 24.3 Å². The van der Waals surface area contributed by atoms with Gasteiger partial charge in [0.05, 0.1) is 6.10 Å². The normalized spacial score (nSPS) is 26.4. The van der Waals surface area contributed by atoms with Crippen LogP contribution in [0.3, 0.4) is 0 Å². The van der Waals surface area contributed by atoms with Crippen molar-refractivity contribution in [2.45, 2.75) is 76.9 Å². The number of carbonyl (C=O) groups is 2. The maximum atomic E-state index is 12.6. The lowest BCUT2D eigenvalue weighted by atomic mass is 9.84. The number of para-hydroxylation sites is 1. The van der Waals surface area contributed by atoms with Gasteiger partial charge >= 0.3 is 0 Å². The molecule has 1 amide bonds. The van der Waals surface area contributed by atoms with E-state index < -0.39 is 6.10 Å². The van der Waals surface area contributed by atoms with Gasteiger partial charge in [-0.05, 0) is 74.8 Å². The number of rotatable bonds is 13. The average Bonchev–Trinajstić information content (AvgIpc) is 3.69. The molecule has 1 aromatic rings. The van der Waals surface area contributed by atoms with Crippen molar-refractivity contribution in [3.8, 4) is 5.75 Å². The first kappa shape index (κ1) is 23.0. The van der Waals surface area contributed by atoms with Gasteiger partial charge in [0.15, 0.2) is 0 Å². The van der Waals surface area contributed by atoms with Gasteiger partial charge in [-0.25, -0.2) is 0 Å². The van der Waals surface area contributed by atoms with Crippen LogP contribution in [-0.2, 0) is 9.59 Å². The Hall–Kier alpha value is -2.14. The third kappa shape index (κ3) is 6.68. The first-order valence-electron chi connectivity index (χ1n) is 12.4. The molecule has 0 aromatic heterocycles. The summed E-state index contributed by atoms with van der Waals surface area (Å²) >= 11 is 0. The highest BCUT2D eigenvalue weighted by atomic mass is 16.5. The molecular weight excluding hydrogens is 402 g/mol. The fourth-order valence-corrected chi connectivity index (χ4v) is 5.13. The summed E-state index contributed by atoms with van der Waals surface area (Å²) in [6.45, 7) is 2.38. The lowest BCUT2D eigenvalue weighted by Gasteiger charge is -2.23. The molecule has 0 radical (unpaired) electrons. The fourth-order valence-electron chi connectivity index (χ4n) is 5.13. The molecule has 0 aliphatic heterocycles. The van der Waals surface area contributed by atoms with Crippen LogP contribution in [0, 0.1) is 23.7 Å². The largest absolute Gasteiger partial charge is 0.491 e. The number of ether oxygens (including phenoxy) is 1. The quantitative estimate of drug-likeness (QED) is 0.446. The Morgan fingerprint density at radius 2 is 2.00 bits per heavy atom. The number of ketones is 1. The van der Waals surface area contributed by atoms with Gasteiger partial charge in [0.1, 0.15) is 18.1 Å². The predicted octanol–water partition coefficient (Wildman–Crippen LogP) is 4.44. The van der Waals surface area contributed by atoms with E-state index in [4.69, 9.17) is 4.74 Å². The van der Waals surface area contributed by atoms with Gasteiger partial charge in [-0.1, -0.05) is 36.8 Å². The maximum absolute atomic E-state index is 12.6. The molecular formula is C27H37NO4. The molecule has 2 N–H and O–H groups in total. The average molecular weight is 440 g/mol. The molecule has 3 aliphatic rings. The summed E-state index contributed by atoms with van der Waals surface area (Å²) in [4.78, 5) is 24.4. The van der Waals surface area contributed by atoms with Crippen LogP contribution >= 0.6 is 0 Å². The van der Waals surface area contributed by atoms with Crippen LogP contribution in [0.1, 0.15) is 64.7 Å². The molecule has 3 aliphatic carbocycles. The number of allylic oxidation sites excluding steroid dienone is 2. The van der Waals surface area contributed by atoms with E-state index >= 15 is 0 Å². The van der Waals surface area contributed by atoms with Gasteiger partial charge in [-0.15, -0.1) is 0 Å². The summed E-state index contributed by atoms with van der Waals surface area (Å²) in [7, 11) is 0. The molecule has 1 aromatic carbocycles. The molecule has 0 bridgehead atoms. The Bertz CT molecular complexity index is 816. The molecule has 5 atom stereocenters. The van der Waals surface area contributed by atoms with Crippen molar-refractivity contribution in [1.82, 2.24) is 5.32 Å². The third-order valence-electron chi connectivity index (χ3n) is 7.24. The smallest absolute Gasteiger partial charge is 0.220 e. The van der Waals surface area contributed by atoms with Crippen molar-refractivity contribution in [3.05, 3.63) is 42.0 Å². The highest BCUT2D eigenvalue weighted by molar-refractivity contribution is 5.88. The first-order valence-corrected chi connectivity index (χ1v) is 12.4. The van der Waals surface area contributed by atoms with E-state index in [1.807, 2.05) is 30.3 Å². The predicted molar refractivity (Wildman–Crippen MR) is 124 cm³/mol. The van der Waals surface area contributed by atoms with Crippen LogP contribution in [0.25, 0.3) is 0 Å². The summed E-state index contributed by atoms with van der Waals surface area (Å²) in [5, 5.41) is 13.5. The number of benzene rings is 1. The Labute approximate surface area is 191 Å². The summed E-state index contributed by atoms with van der Waals surface area (Å²) in [6, 6.07) is 9.98. The maximum Gasteiger partial charge on any atom is 0.220 e. The summed E-state index contributed by atoms with van der Waals surface area (Å²) in [6.07, 6.45) is 9.74. The number of carbonyl (C=O) groups excluding carboxylic acids is 2. The van der Waals surface area contributed by atoms with Gasteiger partial charge < -0.3 is 15.2 Å². The Kier molecular flexibility index (Phi) is 7.67. The second-order valence-corrected chi connectivity index (χ2v) is 10.1. The minimum atomic E-state index is -0.557. The van der Waals surface area contributed by atoms with Crippen LogP contribution < -0.4 is 10.1 Å². The van der Waals surface area contributed by atoms with Crippen molar-refractivity contribution in [1.29, 1.82) is 0 Å². The lowest BCUT2D eigenvalue weighted by Crippen LogP contribution is -2.24. The zero-order chi connectivity index (χ0) is 22.5. The van der Waals surface area contributed by atoms with Gasteiger partial charge in [-0.2, -0.15) is 0 Å². The van der Waals surface area contributed by atoms with Gasteiger partial charge in [-0.3, -0.25) is 9.59 Å². The molecule has 174 valence electrons. The van der Waals surface area contributed by atoms with Gasteiger partial charge in [0.2, 0.25) is 5.91 Å². The summed E-state index contributed by atoms with van der Waals surface area (Å²) in [5.41, 5.74) is 1.21.